The topological polar surface area (TPSA) is 29.9 Å². The van der Waals surface area contributed by atoms with E-state index < -0.39 is 0 Å². The van der Waals surface area contributed by atoms with Gasteiger partial charge >= 0.3 is 0 Å². The van der Waals surface area contributed by atoms with E-state index in [1.807, 2.05) is 29.1 Å². The fourth-order valence-corrected chi connectivity index (χ4v) is 2.76. The van der Waals surface area contributed by atoms with E-state index in [2.05, 4.69) is 36.4 Å². The van der Waals surface area contributed by atoms with E-state index in [9.17, 15) is 0 Å². The van der Waals surface area contributed by atoms with Crippen LogP contribution in [0.5, 0.6) is 0 Å². The highest BCUT2D eigenvalue weighted by Gasteiger charge is 2.08. The van der Waals surface area contributed by atoms with Crippen molar-refractivity contribution in [3.63, 3.8) is 0 Å². The van der Waals surface area contributed by atoms with Crippen LogP contribution in [0.3, 0.4) is 0 Å². The number of aromatic nitrogens is 2. The van der Waals surface area contributed by atoms with Crippen molar-refractivity contribution >= 4 is 45.5 Å². The average Bonchev–Trinajstić information content (AvgIpc) is 2.86. The lowest BCUT2D eigenvalue weighted by Gasteiger charge is -2.10. The fourth-order valence-electron chi connectivity index (χ4n) is 2.41. The van der Waals surface area contributed by atoms with Gasteiger partial charge in [-0.1, -0.05) is 43.1 Å². The molecule has 0 fully saturated rings. The minimum absolute atomic E-state index is 0.528. The molecule has 0 radical (unpaired) electrons. The van der Waals surface area contributed by atoms with Gasteiger partial charge in [-0.25, -0.2) is 0 Å². The molecular formula is C17H17Cl2N3. The van der Waals surface area contributed by atoms with Gasteiger partial charge in [0.05, 0.1) is 27.4 Å². The second-order valence-corrected chi connectivity index (χ2v) is 6.51. The van der Waals surface area contributed by atoms with Crippen LogP contribution in [-0.4, -0.2) is 9.78 Å². The Labute approximate surface area is 139 Å². The fraction of sp³-hybridized carbons (Fsp3) is 0.235. The maximum atomic E-state index is 6.21. The molecule has 0 bridgehead atoms. The quantitative estimate of drug-likeness (QED) is 0.659. The van der Waals surface area contributed by atoms with Gasteiger partial charge in [0.2, 0.25) is 0 Å². The normalized spacial score (nSPS) is 11.3. The maximum absolute atomic E-state index is 6.21. The molecule has 3 nitrogen and oxygen atoms in total. The van der Waals surface area contributed by atoms with Crippen molar-refractivity contribution in [3.05, 3.63) is 52.6 Å². The van der Waals surface area contributed by atoms with Crippen LogP contribution in [0.1, 0.15) is 13.8 Å². The summed E-state index contributed by atoms with van der Waals surface area (Å²) in [5.74, 6) is 0.561. The number of benzene rings is 2. The van der Waals surface area contributed by atoms with Gasteiger partial charge < -0.3 is 5.32 Å². The third-order valence-electron chi connectivity index (χ3n) is 3.41. The molecule has 1 heterocycles. The number of hydrogen-bond donors (Lipinski definition) is 1. The molecule has 0 unspecified atom stereocenters. The number of hydrogen-bond acceptors (Lipinski definition) is 2. The standard InChI is InChI=1S/C17H17Cl2N3/c1-11(2)10-22-16-7-6-13(8-12(16)9-20-22)21-15-5-3-4-14(18)17(15)19/h3-9,11,21H,10H2,1-2H3. The van der Waals surface area contributed by atoms with Gasteiger partial charge in [0, 0.05) is 17.6 Å². The summed E-state index contributed by atoms with van der Waals surface area (Å²) in [5.41, 5.74) is 2.89. The smallest absolute Gasteiger partial charge is 0.0827 e. The monoisotopic (exact) mass is 333 g/mol. The van der Waals surface area contributed by atoms with Crippen molar-refractivity contribution in [1.29, 1.82) is 0 Å². The van der Waals surface area contributed by atoms with Crippen LogP contribution >= 0.6 is 23.2 Å². The molecule has 2 aromatic carbocycles. The first-order valence-corrected chi connectivity index (χ1v) is 7.97. The molecule has 1 N–H and O–H groups in total. The van der Waals surface area contributed by atoms with E-state index in [1.165, 1.54) is 0 Å². The summed E-state index contributed by atoms with van der Waals surface area (Å²) in [4.78, 5) is 0. The van der Waals surface area contributed by atoms with Crippen molar-refractivity contribution in [2.24, 2.45) is 5.92 Å². The summed E-state index contributed by atoms with van der Waals surface area (Å²) >= 11 is 12.3. The van der Waals surface area contributed by atoms with Gasteiger partial charge in [-0.15, -0.1) is 0 Å². The molecule has 3 rings (SSSR count). The number of rotatable bonds is 4. The number of anilines is 2. The Hall–Kier alpha value is -1.71. The van der Waals surface area contributed by atoms with E-state index in [4.69, 9.17) is 23.2 Å². The highest BCUT2D eigenvalue weighted by Crippen LogP contribution is 2.32. The predicted molar refractivity (Wildman–Crippen MR) is 94.3 cm³/mol. The van der Waals surface area contributed by atoms with E-state index in [0.29, 0.717) is 16.0 Å². The second kappa shape index (κ2) is 6.19. The predicted octanol–water partition coefficient (Wildman–Crippen LogP) is 5.74. The van der Waals surface area contributed by atoms with Gasteiger partial charge in [-0.2, -0.15) is 5.10 Å². The van der Waals surface area contributed by atoms with Crippen LogP contribution in [0.15, 0.2) is 42.6 Å². The van der Waals surface area contributed by atoms with Crippen LogP contribution in [0.2, 0.25) is 10.0 Å². The van der Waals surface area contributed by atoms with Crippen LogP contribution in [0.4, 0.5) is 11.4 Å². The Bertz CT molecular complexity index is 809. The number of nitrogens with zero attached hydrogens (tertiary/aromatic N) is 2. The van der Waals surface area contributed by atoms with Crippen molar-refractivity contribution in [3.8, 4) is 0 Å². The lowest BCUT2D eigenvalue weighted by atomic mass is 10.2. The van der Waals surface area contributed by atoms with Gasteiger partial charge in [-0.3, -0.25) is 4.68 Å². The molecule has 3 aromatic rings. The zero-order chi connectivity index (χ0) is 15.7. The Morgan fingerprint density at radius 1 is 1.18 bits per heavy atom. The Balaban J connectivity index is 1.91. The number of nitrogens with one attached hydrogen (secondary N) is 1. The van der Waals surface area contributed by atoms with E-state index in [0.717, 1.165) is 28.8 Å². The Morgan fingerprint density at radius 3 is 2.77 bits per heavy atom. The molecule has 0 aliphatic carbocycles. The van der Waals surface area contributed by atoms with Crippen LogP contribution < -0.4 is 5.32 Å². The molecule has 0 aliphatic heterocycles. The van der Waals surface area contributed by atoms with Gasteiger partial charge in [0.15, 0.2) is 0 Å². The minimum Gasteiger partial charge on any atom is -0.354 e. The summed E-state index contributed by atoms with van der Waals surface area (Å²) in [6.45, 7) is 5.28. The van der Waals surface area contributed by atoms with Crippen molar-refractivity contribution < 1.29 is 0 Å². The van der Waals surface area contributed by atoms with Gasteiger partial charge in [-0.05, 0) is 36.2 Å². The summed E-state index contributed by atoms with van der Waals surface area (Å²) < 4.78 is 2.04. The molecule has 0 aliphatic rings. The summed E-state index contributed by atoms with van der Waals surface area (Å²) in [6, 6.07) is 11.7. The van der Waals surface area contributed by atoms with Gasteiger partial charge in [0.1, 0.15) is 0 Å². The van der Waals surface area contributed by atoms with Crippen molar-refractivity contribution in [1.82, 2.24) is 9.78 Å². The maximum Gasteiger partial charge on any atom is 0.0827 e. The van der Waals surface area contributed by atoms with Crippen LogP contribution in [0, 0.1) is 5.92 Å². The molecule has 0 atom stereocenters. The minimum atomic E-state index is 0.528. The van der Waals surface area contributed by atoms with Crippen LogP contribution in [-0.2, 0) is 6.54 Å². The van der Waals surface area contributed by atoms with E-state index in [-0.39, 0.29) is 0 Å². The molecule has 1 aromatic heterocycles. The zero-order valence-corrected chi connectivity index (χ0v) is 14.0. The molecular weight excluding hydrogens is 317 g/mol. The third-order valence-corrected chi connectivity index (χ3v) is 4.23. The highest BCUT2D eigenvalue weighted by molar-refractivity contribution is 6.43. The van der Waals surface area contributed by atoms with E-state index >= 15 is 0 Å². The summed E-state index contributed by atoms with van der Waals surface area (Å²) in [7, 11) is 0. The van der Waals surface area contributed by atoms with Gasteiger partial charge in [0.25, 0.3) is 0 Å². The van der Waals surface area contributed by atoms with Crippen molar-refractivity contribution in [2.75, 3.05) is 5.32 Å². The summed E-state index contributed by atoms with van der Waals surface area (Å²) in [6.07, 6.45) is 1.89. The molecule has 0 amide bonds. The first kappa shape index (κ1) is 15.2. The highest BCUT2D eigenvalue weighted by atomic mass is 35.5. The molecule has 5 heteroatoms. The Morgan fingerprint density at radius 2 is 2.00 bits per heavy atom. The molecule has 114 valence electrons. The first-order chi connectivity index (χ1) is 10.5. The lowest BCUT2D eigenvalue weighted by molar-refractivity contribution is 0.495. The first-order valence-electron chi connectivity index (χ1n) is 7.21. The average molecular weight is 334 g/mol. The largest absolute Gasteiger partial charge is 0.354 e. The van der Waals surface area contributed by atoms with E-state index in [1.54, 1.807) is 6.07 Å². The summed E-state index contributed by atoms with van der Waals surface area (Å²) in [5, 5.41) is 9.93. The molecule has 22 heavy (non-hydrogen) atoms. The molecule has 0 spiro atoms. The molecule has 0 saturated carbocycles. The Kier molecular flexibility index (Phi) is 4.27. The number of fused-ring (bicyclic) bond motifs is 1. The SMILES string of the molecule is CC(C)Cn1ncc2cc(Nc3cccc(Cl)c3Cl)ccc21. The van der Waals surface area contributed by atoms with Crippen molar-refractivity contribution in [2.45, 2.75) is 20.4 Å². The molecule has 0 saturated heterocycles. The lowest BCUT2D eigenvalue weighted by Crippen LogP contribution is -2.05. The third kappa shape index (κ3) is 3.06. The second-order valence-electron chi connectivity index (χ2n) is 5.72. The number of halogens is 2. The zero-order valence-electron chi connectivity index (χ0n) is 12.5. The van der Waals surface area contributed by atoms with Crippen LogP contribution in [0.25, 0.3) is 10.9 Å².